The highest BCUT2D eigenvalue weighted by molar-refractivity contribution is 5.90. The van der Waals surface area contributed by atoms with Gasteiger partial charge in [-0.15, -0.1) is 0 Å². The Morgan fingerprint density at radius 3 is 2.37 bits per heavy atom. The van der Waals surface area contributed by atoms with Crippen molar-refractivity contribution in [3.63, 3.8) is 0 Å². The number of hydrogen-bond acceptors (Lipinski definition) is 2. The van der Waals surface area contributed by atoms with Crippen LogP contribution in [-0.2, 0) is 13.0 Å². The van der Waals surface area contributed by atoms with E-state index in [0.717, 1.165) is 36.2 Å². The summed E-state index contributed by atoms with van der Waals surface area (Å²) in [6.07, 6.45) is 16.5. The summed E-state index contributed by atoms with van der Waals surface area (Å²) in [7, 11) is 1.70. The first-order chi connectivity index (χ1) is 13.1. The fourth-order valence-corrected chi connectivity index (χ4v) is 3.40. The third-order valence-corrected chi connectivity index (χ3v) is 4.78. The quantitative estimate of drug-likeness (QED) is 0.667. The number of aliphatic hydroxyl groups excluding tert-OH is 1. The number of fused-ring (bicyclic) bond motifs is 1. The number of methoxy groups -OCH3 is 1. The summed E-state index contributed by atoms with van der Waals surface area (Å²) < 4.78 is 7.70. The van der Waals surface area contributed by atoms with Gasteiger partial charge >= 0.3 is 0 Å². The van der Waals surface area contributed by atoms with Crippen molar-refractivity contribution in [1.29, 1.82) is 0 Å². The zero-order valence-electron chi connectivity index (χ0n) is 17.1. The van der Waals surface area contributed by atoms with E-state index in [1.165, 1.54) is 23.9 Å². The number of ether oxygens (including phenoxy) is 1. The predicted octanol–water partition coefficient (Wildman–Crippen LogP) is 6.12. The Hall–Kier alpha value is -2.26. The molecule has 0 saturated heterocycles. The number of unbranched alkanes of at least 4 members (excludes halogenated alkanes) is 1. The molecule has 1 aromatic carbocycles. The highest BCUT2D eigenvalue weighted by Crippen LogP contribution is 2.34. The first-order valence-corrected chi connectivity index (χ1v) is 9.99. The minimum Gasteiger partial charge on any atom is -0.496 e. The maximum absolute atomic E-state index is 10.0. The number of aliphatic hydroxyl groups is 1. The van der Waals surface area contributed by atoms with Crippen LogP contribution < -0.4 is 4.74 Å². The molecule has 1 aromatic heterocycles. The molecule has 0 aliphatic heterocycles. The molecule has 0 radical (unpaired) electrons. The van der Waals surface area contributed by atoms with Crippen molar-refractivity contribution < 1.29 is 9.84 Å². The van der Waals surface area contributed by atoms with Gasteiger partial charge < -0.3 is 14.4 Å². The normalized spacial score (nSPS) is 14.0. The van der Waals surface area contributed by atoms with Crippen molar-refractivity contribution in [2.75, 3.05) is 7.11 Å². The molecule has 0 fully saturated rings. The number of hydrogen-bond donors (Lipinski definition) is 1. The van der Waals surface area contributed by atoms with Crippen molar-refractivity contribution in [2.24, 2.45) is 0 Å². The van der Waals surface area contributed by atoms with Crippen LogP contribution in [0.1, 0.15) is 57.4 Å². The molecule has 2 aromatic rings. The molecule has 3 nitrogen and oxygen atoms in total. The lowest BCUT2D eigenvalue weighted by Gasteiger charge is -2.13. The fourth-order valence-electron chi connectivity index (χ4n) is 3.40. The zero-order chi connectivity index (χ0) is 19.6. The first kappa shape index (κ1) is 21.0. The third-order valence-electron chi connectivity index (χ3n) is 4.78. The van der Waals surface area contributed by atoms with Gasteiger partial charge in [-0.1, -0.05) is 55.9 Å². The van der Waals surface area contributed by atoms with Gasteiger partial charge in [0, 0.05) is 17.6 Å². The van der Waals surface area contributed by atoms with Gasteiger partial charge in [0.1, 0.15) is 5.75 Å². The van der Waals surface area contributed by atoms with E-state index in [9.17, 15) is 5.11 Å². The standard InChI is InChI=1S/C17H25NO2.C7H8/c1-5-7-8-13-9-10-16(20-4)14-11-15(12(3)19)18(6-2)17(13)14;1-2-4-6-7-5-3-1/h9-12,19H,5-8H2,1-4H3;1-6H,7H2. The summed E-state index contributed by atoms with van der Waals surface area (Å²) in [6, 6.07) is 6.27. The summed E-state index contributed by atoms with van der Waals surface area (Å²) in [5, 5.41) is 11.1. The van der Waals surface area contributed by atoms with E-state index in [1.807, 2.05) is 25.1 Å². The Morgan fingerprint density at radius 1 is 1.11 bits per heavy atom. The molecule has 0 saturated carbocycles. The van der Waals surface area contributed by atoms with Crippen LogP contribution in [-0.4, -0.2) is 16.8 Å². The lowest BCUT2D eigenvalue weighted by molar-refractivity contribution is 0.190. The molecule has 1 aliphatic rings. The van der Waals surface area contributed by atoms with Crippen LogP contribution in [0.15, 0.2) is 54.7 Å². The lowest BCUT2D eigenvalue weighted by Crippen LogP contribution is -2.05. The Labute approximate surface area is 163 Å². The molecule has 0 bridgehead atoms. The molecule has 3 rings (SSSR count). The van der Waals surface area contributed by atoms with E-state index in [2.05, 4.69) is 54.9 Å². The number of allylic oxidation sites excluding steroid dienone is 6. The monoisotopic (exact) mass is 367 g/mol. The van der Waals surface area contributed by atoms with Crippen molar-refractivity contribution in [1.82, 2.24) is 4.57 Å². The Kier molecular flexibility index (Phi) is 8.41. The molecule has 146 valence electrons. The van der Waals surface area contributed by atoms with Crippen molar-refractivity contribution in [3.8, 4) is 5.75 Å². The summed E-state index contributed by atoms with van der Waals surface area (Å²) in [4.78, 5) is 0. The number of aryl methyl sites for hydroxylation is 2. The van der Waals surface area contributed by atoms with E-state index < -0.39 is 6.10 Å². The molecule has 1 N–H and O–H groups in total. The van der Waals surface area contributed by atoms with Crippen LogP contribution in [0.4, 0.5) is 0 Å². The molecule has 1 unspecified atom stereocenters. The van der Waals surface area contributed by atoms with Gasteiger partial charge in [-0.05, 0) is 50.8 Å². The molecule has 1 aliphatic carbocycles. The SMILES string of the molecule is C1=CC=CCC=C1.CCCCc1ccc(OC)c2cc(C(C)O)n(CC)c12. The topological polar surface area (TPSA) is 34.4 Å². The second-order valence-corrected chi connectivity index (χ2v) is 6.76. The largest absolute Gasteiger partial charge is 0.496 e. The zero-order valence-corrected chi connectivity index (χ0v) is 17.1. The Balaban J connectivity index is 0.000000313. The number of benzene rings is 1. The first-order valence-electron chi connectivity index (χ1n) is 9.99. The summed E-state index contributed by atoms with van der Waals surface area (Å²) >= 11 is 0. The van der Waals surface area contributed by atoms with Gasteiger partial charge in [0.25, 0.3) is 0 Å². The van der Waals surface area contributed by atoms with Crippen molar-refractivity contribution in [2.45, 2.75) is 59.1 Å². The highest BCUT2D eigenvalue weighted by atomic mass is 16.5. The van der Waals surface area contributed by atoms with Crippen molar-refractivity contribution >= 4 is 10.9 Å². The van der Waals surface area contributed by atoms with Crippen LogP contribution in [0.3, 0.4) is 0 Å². The molecule has 1 atom stereocenters. The molecule has 1 heterocycles. The van der Waals surface area contributed by atoms with Gasteiger partial charge in [0.05, 0.1) is 18.7 Å². The van der Waals surface area contributed by atoms with Crippen LogP contribution in [0.5, 0.6) is 5.75 Å². The van der Waals surface area contributed by atoms with Crippen LogP contribution in [0.2, 0.25) is 0 Å². The number of rotatable bonds is 6. The van der Waals surface area contributed by atoms with Crippen LogP contribution >= 0.6 is 0 Å². The van der Waals surface area contributed by atoms with E-state index in [4.69, 9.17) is 4.74 Å². The van der Waals surface area contributed by atoms with Gasteiger partial charge in [-0.2, -0.15) is 0 Å². The van der Waals surface area contributed by atoms with E-state index in [-0.39, 0.29) is 0 Å². The maximum Gasteiger partial charge on any atom is 0.128 e. The molecule has 0 spiro atoms. The Bertz CT molecular complexity index is 795. The minimum atomic E-state index is -0.467. The van der Waals surface area contributed by atoms with E-state index >= 15 is 0 Å². The molecule has 27 heavy (non-hydrogen) atoms. The van der Waals surface area contributed by atoms with Crippen LogP contribution in [0, 0.1) is 0 Å². The second-order valence-electron chi connectivity index (χ2n) is 6.76. The molecular formula is C24H33NO2. The third kappa shape index (κ3) is 5.36. The van der Waals surface area contributed by atoms with E-state index in [0.29, 0.717) is 0 Å². The lowest BCUT2D eigenvalue weighted by atomic mass is 10.0. The smallest absolute Gasteiger partial charge is 0.128 e. The highest BCUT2D eigenvalue weighted by Gasteiger charge is 2.17. The molecule has 0 amide bonds. The summed E-state index contributed by atoms with van der Waals surface area (Å²) in [6.45, 7) is 7.00. The fraction of sp³-hybridized carbons (Fsp3) is 0.417. The average Bonchev–Trinajstić information content (AvgIpc) is 2.84. The number of aromatic nitrogens is 1. The molecular weight excluding hydrogens is 334 g/mol. The van der Waals surface area contributed by atoms with Crippen molar-refractivity contribution in [3.05, 3.63) is 65.9 Å². The van der Waals surface area contributed by atoms with Gasteiger partial charge in [-0.25, -0.2) is 0 Å². The predicted molar refractivity (Wildman–Crippen MR) is 115 cm³/mol. The number of nitrogens with zero attached hydrogens (tertiary/aromatic N) is 1. The van der Waals surface area contributed by atoms with Crippen LogP contribution in [0.25, 0.3) is 10.9 Å². The minimum absolute atomic E-state index is 0.467. The maximum atomic E-state index is 10.0. The summed E-state index contributed by atoms with van der Waals surface area (Å²) in [5.74, 6) is 0.884. The average molecular weight is 368 g/mol. The second kappa shape index (κ2) is 10.8. The summed E-state index contributed by atoms with van der Waals surface area (Å²) in [5.41, 5.74) is 3.53. The van der Waals surface area contributed by atoms with E-state index in [1.54, 1.807) is 7.11 Å². The van der Waals surface area contributed by atoms with Gasteiger partial charge in [0.2, 0.25) is 0 Å². The molecule has 3 heteroatoms. The Morgan fingerprint density at radius 2 is 1.81 bits per heavy atom. The van der Waals surface area contributed by atoms with Gasteiger partial charge in [-0.3, -0.25) is 0 Å². The van der Waals surface area contributed by atoms with Gasteiger partial charge in [0.15, 0.2) is 0 Å².